The molecule has 0 saturated heterocycles. The monoisotopic (exact) mass is 568 g/mol. The molecule has 2 aromatic heterocycles. The highest BCUT2D eigenvalue weighted by Gasteiger charge is 2.27. The minimum Gasteiger partial charge on any atom is -0.462 e. The van der Waals surface area contributed by atoms with Crippen molar-refractivity contribution in [3.05, 3.63) is 16.0 Å². The Morgan fingerprint density at radius 3 is 2.35 bits per heavy atom. The van der Waals surface area contributed by atoms with Crippen molar-refractivity contribution in [2.75, 3.05) is 29.6 Å². The van der Waals surface area contributed by atoms with E-state index in [9.17, 15) is 19.2 Å². The maximum absolute atomic E-state index is 12.6. The number of nitrogens with one attached hydrogen (secondary N) is 2. The number of amides is 2. The normalized spacial score (nSPS) is 13.7. The number of esters is 2. The molecule has 10 nitrogen and oxygen atoms in total. The number of thiophene rings is 1. The van der Waals surface area contributed by atoms with Crippen LogP contribution in [0.1, 0.15) is 84.4 Å². The van der Waals surface area contributed by atoms with Gasteiger partial charge in [-0.15, -0.1) is 21.5 Å². The highest BCUT2D eigenvalue weighted by Crippen LogP contribution is 2.35. The number of aromatic nitrogens is 2. The Hall–Kier alpha value is -2.51. The highest BCUT2D eigenvalue weighted by molar-refractivity contribution is 8.01. The van der Waals surface area contributed by atoms with Crippen LogP contribution in [0.4, 0.5) is 10.1 Å². The first-order valence-electron chi connectivity index (χ1n) is 12.4. The van der Waals surface area contributed by atoms with Gasteiger partial charge in [-0.3, -0.25) is 9.59 Å². The zero-order chi connectivity index (χ0) is 26.8. The number of rotatable bonds is 12. The Labute approximate surface area is 228 Å². The summed E-state index contributed by atoms with van der Waals surface area (Å²) in [7, 11) is 0. The van der Waals surface area contributed by atoms with E-state index in [4.69, 9.17) is 9.47 Å². The molecule has 2 aromatic rings. The third-order valence-electron chi connectivity index (χ3n) is 5.82. The van der Waals surface area contributed by atoms with E-state index < -0.39 is 11.9 Å². The summed E-state index contributed by atoms with van der Waals surface area (Å²) in [6, 6.07) is 0. The standard InChI is InChI=1S/C24H32N4O6S3/c1-4-33-21(31)18-14(3)19(22(32)34-5-2)36-20(18)25-17(30)13-35-24-28-27-23(37-24)26-16(29)12-11-15-9-7-6-8-10-15/h15H,4-13H2,1-3H3,(H,25,30)(H,26,27,29). The number of ether oxygens (including phenoxy) is 2. The van der Waals surface area contributed by atoms with Gasteiger partial charge in [0.2, 0.25) is 16.9 Å². The first-order chi connectivity index (χ1) is 17.8. The second-order valence-corrected chi connectivity index (χ2v) is 11.7. The van der Waals surface area contributed by atoms with E-state index in [1.54, 1.807) is 20.8 Å². The van der Waals surface area contributed by atoms with Crippen molar-refractivity contribution < 1.29 is 28.7 Å². The van der Waals surface area contributed by atoms with Crippen LogP contribution in [0.5, 0.6) is 0 Å². The van der Waals surface area contributed by atoms with Crippen LogP contribution in [0.15, 0.2) is 4.34 Å². The van der Waals surface area contributed by atoms with Gasteiger partial charge in [-0.05, 0) is 38.7 Å². The van der Waals surface area contributed by atoms with E-state index in [0.29, 0.717) is 27.4 Å². The summed E-state index contributed by atoms with van der Waals surface area (Å²) in [6.07, 6.45) is 7.54. The molecule has 1 aliphatic rings. The van der Waals surface area contributed by atoms with E-state index in [-0.39, 0.29) is 46.2 Å². The van der Waals surface area contributed by atoms with E-state index >= 15 is 0 Å². The molecule has 0 aromatic carbocycles. The third-order valence-corrected chi connectivity index (χ3v) is 8.98. The summed E-state index contributed by atoms with van der Waals surface area (Å²) in [5, 5.41) is 14.1. The van der Waals surface area contributed by atoms with Crippen LogP contribution in [0.25, 0.3) is 0 Å². The van der Waals surface area contributed by atoms with E-state index in [1.165, 1.54) is 43.4 Å². The van der Waals surface area contributed by atoms with Crippen LogP contribution in [0.2, 0.25) is 0 Å². The first kappa shape index (κ1) is 29.1. The molecule has 0 aliphatic heterocycles. The molecule has 2 N–H and O–H groups in total. The van der Waals surface area contributed by atoms with Gasteiger partial charge < -0.3 is 20.1 Å². The van der Waals surface area contributed by atoms with Gasteiger partial charge in [-0.2, -0.15) is 0 Å². The summed E-state index contributed by atoms with van der Waals surface area (Å²) < 4.78 is 10.7. The molecule has 1 aliphatic carbocycles. The van der Waals surface area contributed by atoms with E-state index in [2.05, 4.69) is 20.8 Å². The van der Waals surface area contributed by atoms with Gasteiger partial charge in [-0.25, -0.2) is 9.59 Å². The Bertz CT molecular complexity index is 1110. The van der Waals surface area contributed by atoms with Crippen molar-refractivity contribution in [2.45, 2.75) is 70.1 Å². The maximum atomic E-state index is 12.6. The number of hydrogen-bond donors (Lipinski definition) is 2. The molecule has 3 rings (SSSR count). The van der Waals surface area contributed by atoms with Gasteiger partial charge in [0, 0.05) is 6.42 Å². The molecule has 37 heavy (non-hydrogen) atoms. The topological polar surface area (TPSA) is 137 Å². The van der Waals surface area contributed by atoms with Gasteiger partial charge in [0.25, 0.3) is 0 Å². The molecule has 1 fully saturated rings. The maximum Gasteiger partial charge on any atom is 0.348 e. The lowest BCUT2D eigenvalue weighted by atomic mass is 9.86. The molecule has 0 atom stereocenters. The van der Waals surface area contributed by atoms with Crippen molar-refractivity contribution in [3.8, 4) is 0 Å². The van der Waals surface area contributed by atoms with Crippen molar-refractivity contribution in [3.63, 3.8) is 0 Å². The summed E-state index contributed by atoms with van der Waals surface area (Å²) in [5.74, 6) is -1.02. The van der Waals surface area contributed by atoms with E-state index in [1.807, 2.05) is 0 Å². The van der Waals surface area contributed by atoms with Gasteiger partial charge in [0.15, 0.2) is 4.34 Å². The largest absolute Gasteiger partial charge is 0.462 e. The highest BCUT2D eigenvalue weighted by atomic mass is 32.2. The third kappa shape index (κ3) is 8.50. The molecule has 1 saturated carbocycles. The minimum atomic E-state index is -0.622. The zero-order valence-electron chi connectivity index (χ0n) is 21.2. The Morgan fingerprint density at radius 2 is 1.65 bits per heavy atom. The Kier molecular flexibility index (Phi) is 11.3. The smallest absolute Gasteiger partial charge is 0.348 e. The lowest BCUT2D eigenvalue weighted by molar-refractivity contribution is -0.116. The molecule has 2 heterocycles. The lowest BCUT2D eigenvalue weighted by Gasteiger charge is -2.20. The Balaban J connectivity index is 1.54. The van der Waals surface area contributed by atoms with Crippen LogP contribution in [-0.4, -0.2) is 52.9 Å². The van der Waals surface area contributed by atoms with Gasteiger partial charge in [-0.1, -0.05) is 55.2 Å². The molecule has 202 valence electrons. The van der Waals surface area contributed by atoms with Gasteiger partial charge >= 0.3 is 11.9 Å². The second-order valence-electron chi connectivity index (χ2n) is 8.50. The van der Waals surface area contributed by atoms with Crippen LogP contribution in [-0.2, 0) is 19.1 Å². The second kappa shape index (κ2) is 14.4. The summed E-state index contributed by atoms with van der Waals surface area (Å²) in [5.41, 5.74) is 0.542. The number of nitrogens with zero attached hydrogens (tertiary/aromatic N) is 2. The first-order valence-corrected chi connectivity index (χ1v) is 15.0. The predicted molar refractivity (Wildman–Crippen MR) is 145 cm³/mol. The molecule has 2 amide bonds. The van der Waals surface area contributed by atoms with Crippen LogP contribution in [0.3, 0.4) is 0 Å². The molecule has 13 heteroatoms. The predicted octanol–water partition coefficient (Wildman–Crippen LogP) is 5.29. The number of thioether (sulfide) groups is 1. The van der Waals surface area contributed by atoms with Crippen molar-refractivity contribution in [2.24, 2.45) is 5.92 Å². The summed E-state index contributed by atoms with van der Waals surface area (Å²) >= 11 is 3.33. The average Bonchev–Trinajstić information content (AvgIpc) is 3.46. The average molecular weight is 569 g/mol. The fraction of sp³-hybridized carbons (Fsp3) is 0.583. The number of carbonyl (C=O) groups is 4. The molecule has 0 unspecified atom stereocenters. The zero-order valence-corrected chi connectivity index (χ0v) is 23.7. The van der Waals surface area contributed by atoms with Crippen LogP contribution >= 0.6 is 34.4 Å². The van der Waals surface area contributed by atoms with Gasteiger partial charge in [0.05, 0.1) is 24.5 Å². The molecular formula is C24H32N4O6S3. The summed E-state index contributed by atoms with van der Waals surface area (Å²) in [6.45, 7) is 5.33. The lowest BCUT2D eigenvalue weighted by Crippen LogP contribution is -2.16. The molecule has 0 radical (unpaired) electrons. The quantitative estimate of drug-likeness (QED) is 0.199. The van der Waals surface area contributed by atoms with Crippen molar-refractivity contribution >= 4 is 68.3 Å². The molecule has 0 spiro atoms. The molecule has 0 bridgehead atoms. The number of hydrogen-bond acceptors (Lipinski definition) is 11. The number of carbonyl (C=O) groups excluding carboxylic acids is 4. The van der Waals surface area contributed by atoms with Crippen molar-refractivity contribution in [1.29, 1.82) is 0 Å². The number of anilines is 2. The fourth-order valence-electron chi connectivity index (χ4n) is 4.04. The van der Waals surface area contributed by atoms with Crippen LogP contribution < -0.4 is 10.6 Å². The van der Waals surface area contributed by atoms with E-state index in [0.717, 1.165) is 29.5 Å². The fourth-order valence-corrected chi connectivity index (χ4v) is 6.72. The van der Waals surface area contributed by atoms with Gasteiger partial charge in [0.1, 0.15) is 9.88 Å². The Morgan fingerprint density at radius 1 is 0.946 bits per heavy atom. The molecular weight excluding hydrogens is 536 g/mol. The van der Waals surface area contributed by atoms with Crippen LogP contribution in [0, 0.1) is 12.8 Å². The minimum absolute atomic E-state index is 0.00177. The summed E-state index contributed by atoms with van der Waals surface area (Å²) in [4.78, 5) is 49.9. The van der Waals surface area contributed by atoms with Crippen molar-refractivity contribution in [1.82, 2.24) is 10.2 Å². The SMILES string of the molecule is CCOC(=O)c1sc(NC(=O)CSc2nnc(NC(=O)CCC3CCCCC3)s2)c(C(=O)OCC)c1C.